The first kappa shape index (κ1) is 4.89. The van der Waals surface area contributed by atoms with Gasteiger partial charge in [-0.15, -0.1) is 6.58 Å². The lowest BCUT2D eigenvalue weighted by Crippen LogP contribution is -1.70. The molecule has 2 atom stereocenters. The van der Waals surface area contributed by atoms with E-state index in [2.05, 4.69) is 19.6 Å². The maximum atomic E-state index is 3.72. The van der Waals surface area contributed by atoms with Crippen molar-refractivity contribution in [2.24, 2.45) is 11.8 Å². The Kier molecular flexibility index (Phi) is 1.18. The minimum atomic E-state index is 0.880. The van der Waals surface area contributed by atoms with Gasteiger partial charge in [-0.2, -0.15) is 0 Å². The lowest BCUT2D eigenvalue weighted by molar-refractivity contribution is 0.756. The summed E-state index contributed by atoms with van der Waals surface area (Å²) >= 11 is 0. The van der Waals surface area contributed by atoms with E-state index in [-0.39, 0.29) is 0 Å². The number of allylic oxidation sites excluding steroid dienone is 1. The van der Waals surface area contributed by atoms with Crippen molar-refractivity contribution < 1.29 is 0 Å². The first-order valence-corrected chi connectivity index (χ1v) is 3.01. The smallest absolute Gasteiger partial charge is 0.0205 e. The molecule has 1 rings (SSSR count). The van der Waals surface area contributed by atoms with Crippen LogP contribution >= 0.6 is 0 Å². The fourth-order valence-electron chi connectivity index (χ4n) is 1.03. The number of hydrogen-bond donors (Lipinski definition) is 0. The molecule has 7 heavy (non-hydrogen) atoms. The van der Waals surface area contributed by atoms with Gasteiger partial charge in [0, 0.05) is 0 Å². The molecule has 0 nitrogen and oxygen atoms in total. The lowest BCUT2D eigenvalue weighted by Gasteiger charge is -1.81. The highest BCUT2D eigenvalue weighted by atomic mass is 14.4. The Morgan fingerprint density at radius 2 is 2.57 bits per heavy atom. The van der Waals surface area contributed by atoms with Crippen molar-refractivity contribution in [2.45, 2.75) is 19.8 Å². The van der Waals surface area contributed by atoms with E-state index in [0.717, 1.165) is 11.8 Å². The predicted octanol–water partition coefficient (Wildman–Crippen LogP) is 2.22. The van der Waals surface area contributed by atoms with Gasteiger partial charge in [0.15, 0.2) is 0 Å². The predicted molar refractivity (Wildman–Crippen MR) is 32.1 cm³/mol. The van der Waals surface area contributed by atoms with Gasteiger partial charge >= 0.3 is 0 Å². The molecule has 0 N–H and O–H groups in total. The fourth-order valence-corrected chi connectivity index (χ4v) is 1.03. The van der Waals surface area contributed by atoms with Crippen LogP contribution in [0.1, 0.15) is 19.8 Å². The van der Waals surface area contributed by atoms with Crippen LogP contribution in [0.25, 0.3) is 0 Å². The zero-order valence-electron chi connectivity index (χ0n) is 4.85. The molecule has 0 saturated heterocycles. The van der Waals surface area contributed by atoms with Crippen LogP contribution in [0, 0.1) is 11.8 Å². The highest BCUT2D eigenvalue weighted by Crippen LogP contribution is 2.41. The van der Waals surface area contributed by atoms with Crippen molar-refractivity contribution >= 4 is 0 Å². The quantitative estimate of drug-likeness (QED) is 0.462. The highest BCUT2D eigenvalue weighted by molar-refractivity contribution is 4.96. The van der Waals surface area contributed by atoms with Gasteiger partial charge in [-0.05, 0) is 18.3 Å². The Balaban J connectivity index is 2.17. The molecule has 0 amide bonds. The van der Waals surface area contributed by atoms with E-state index in [0.29, 0.717) is 0 Å². The van der Waals surface area contributed by atoms with E-state index in [4.69, 9.17) is 0 Å². The molecule has 0 aromatic carbocycles. The standard InChI is InChI=1S/C7H12/c1-3-6-5-7(6)4-2/h3,6-7H,1,4-5H2,2H3/t6-,7-/m0/s1. The third-order valence-corrected chi connectivity index (χ3v) is 1.80. The average Bonchev–Trinajstić information content (AvgIpc) is 2.43. The summed E-state index contributed by atoms with van der Waals surface area (Å²) in [5, 5.41) is 0. The minimum Gasteiger partial charge on any atom is -0.103 e. The van der Waals surface area contributed by atoms with Gasteiger partial charge in [0.05, 0.1) is 0 Å². The Morgan fingerprint density at radius 3 is 2.71 bits per heavy atom. The molecular formula is C7H12. The van der Waals surface area contributed by atoms with E-state index in [1.165, 1.54) is 12.8 Å². The van der Waals surface area contributed by atoms with Crippen LogP contribution in [0.15, 0.2) is 12.7 Å². The first-order valence-electron chi connectivity index (χ1n) is 3.01. The molecule has 0 aromatic rings. The highest BCUT2D eigenvalue weighted by Gasteiger charge is 2.31. The zero-order valence-corrected chi connectivity index (χ0v) is 4.85. The Hall–Kier alpha value is -0.260. The molecule has 1 fully saturated rings. The van der Waals surface area contributed by atoms with Crippen LogP contribution in [0.3, 0.4) is 0 Å². The average molecular weight is 96.2 g/mol. The summed E-state index contributed by atoms with van der Waals surface area (Å²) in [4.78, 5) is 0. The summed E-state index contributed by atoms with van der Waals surface area (Å²) < 4.78 is 0. The molecule has 1 aliphatic rings. The molecule has 0 bridgehead atoms. The van der Waals surface area contributed by atoms with E-state index >= 15 is 0 Å². The Bertz CT molecular complexity index is 74.1. The monoisotopic (exact) mass is 96.1 g/mol. The summed E-state index contributed by atoms with van der Waals surface area (Å²) in [5.74, 6) is 1.88. The van der Waals surface area contributed by atoms with E-state index < -0.39 is 0 Å². The first-order chi connectivity index (χ1) is 3.38. The summed E-state index contributed by atoms with van der Waals surface area (Å²) in [6.07, 6.45) is 4.82. The van der Waals surface area contributed by atoms with Crippen LogP contribution in [-0.2, 0) is 0 Å². The molecule has 0 heterocycles. The second kappa shape index (κ2) is 1.69. The third-order valence-electron chi connectivity index (χ3n) is 1.80. The van der Waals surface area contributed by atoms with Gasteiger partial charge < -0.3 is 0 Å². The van der Waals surface area contributed by atoms with Crippen LogP contribution in [0.5, 0.6) is 0 Å². The van der Waals surface area contributed by atoms with Crippen molar-refractivity contribution in [3.63, 3.8) is 0 Å². The fraction of sp³-hybridized carbons (Fsp3) is 0.714. The van der Waals surface area contributed by atoms with Gasteiger partial charge in [-0.25, -0.2) is 0 Å². The van der Waals surface area contributed by atoms with Crippen LogP contribution < -0.4 is 0 Å². The molecule has 1 saturated carbocycles. The topological polar surface area (TPSA) is 0 Å². The summed E-state index contributed by atoms with van der Waals surface area (Å²) in [6.45, 7) is 5.97. The van der Waals surface area contributed by atoms with Crippen molar-refractivity contribution in [1.82, 2.24) is 0 Å². The lowest BCUT2D eigenvalue weighted by atomic mass is 10.2. The Labute approximate surface area is 45.2 Å². The number of rotatable bonds is 2. The second-order valence-electron chi connectivity index (χ2n) is 2.30. The molecule has 0 heteroatoms. The summed E-state index contributed by atoms with van der Waals surface area (Å²) in [5.41, 5.74) is 0. The van der Waals surface area contributed by atoms with Gasteiger partial charge in [-0.1, -0.05) is 19.4 Å². The summed E-state index contributed by atoms with van der Waals surface area (Å²) in [6, 6.07) is 0. The van der Waals surface area contributed by atoms with Crippen LogP contribution in [0.2, 0.25) is 0 Å². The zero-order chi connectivity index (χ0) is 5.28. The molecule has 0 unspecified atom stereocenters. The molecule has 0 aliphatic heterocycles. The van der Waals surface area contributed by atoms with Crippen molar-refractivity contribution in [3.05, 3.63) is 12.7 Å². The molecule has 1 aliphatic carbocycles. The second-order valence-corrected chi connectivity index (χ2v) is 2.30. The van der Waals surface area contributed by atoms with E-state index in [9.17, 15) is 0 Å². The van der Waals surface area contributed by atoms with Gasteiger partial charge in [-0.3, -0.25) is 0 Å². The minimum absolute atomic E-state index is 0.880. The van der Waals surface area contributed by atoms with Crippen molar-refractivity contribution in [3.8, 4) is 0 Å². The maximum absolute atomic E-state index is 3.72. The summed E-state index contributed by atoms with van der Waals surface area (Å²) in [7, 11) is 0. The largest absolute Gasteiger partial charge is 0.103 e. The molecule has 40 valence electrons. The molecular weight excluding hydrogens is 84.1 g/mol. The van der Waals surface area contributed by atoms with Gasteiger partial charge in [0.2, 0.25) is 0 Å². The van der Waals surface area contributed by atoms with Crippen LogP contribution in [0.4, 0.5) is 0 Å². The van der Waals surface area contributed by atoms with Gasteiger partial charge in [0.1, 0.15) is 0 Å². The van der Waals surface area contributed by atoms with Crippen molar-refractivity contribution in [2.75, 3.05) is 0 Å². The molecule has 0 spiro atoms. The third kappa shape index (κ3) is 0.846. The van der Waals surface area contributed by atoms with Gasteiger partial charge in [0.25, 0.3) is 0 Å². The molecule has 0 aromatic heterocycles. The van der Waals surface area contributed by atoms with Crippen molar-refractivity contribution in [1.29, 1.82) is 0 Å². The van der Waals surface area contributed by atoms with E-state index in [1.807, 2.05) is 0 Å². The Morgan fingerprint density at radius 1 is 1.86 bits per heavy atom. The molecule has 0 radical (unpaired) electrons. The number of hydrogen-bond acceptors (Lipinski definition) is 0. The van der Waals surface area contributed by atoms with E-state index in [1.54, 1.807) is 0 Å². The van der Waals surface area contributed by atoms with Crippen LogP contribution in [-0.4, -0.2) is 0 Å². The SMILES string of the molecule is C=C[C@H]1C[C@@H]1CC. The maximum Gasteiger partial charge on any atom is -0.0205 e. The normalized spacial score (nSPS) is 37.9.